The number of fused-ring (bicyclic) bond motifs is 1. The molecule has 0 unspecified atom stereocenters. The van der Waals surface area contributed by atoms with Crippen molar-refractivity contribution in [1.29, 1.82) is 0 Å². The van der Waals surface area contributed by atoms with E-state index in [1.54, 1.807) is 23.1 Å². The van der Waals surface area contributed by atoms with Crippen molar-refractivity contribution in [3.63, 3.8) is 0 Å². The lowest BCUT2D eigenvalue weighted by Gasteiger charge is -2.29. The summed E-state index contributed by atoms with van der Waals surface area (Å²) in [7, 11) is 0. The van der Waals surface area contributed by atoms with Crippen molar-refractivity contribution >= 4 is 41.5 Å². The first-order valence-electron chi connectivity index (χ1n) is 10.2. The standard InChI is InChI=1S/C22H26F2N4O3.HI/c1-2-25-22(27-14-16-8-3-5-10-18(16)31-21(23)24)26-12-7-13-28-17-9-4-6-11-19(17)30-15-20(28)29;/h3-6,8-11,21H,2,7,12-15H2,1H3,(H2,25,26,27);1H. The highest BCUT2D eigenvalue weighted by Crippen LogP contribution is 2.31. The molecule has 0 saturated carbocycles. The molecule has 0 fully saturated rings. The van der Waals surface area contributed by atoms with E-state index in [4.69, 9.17) is 4.74 Å². The number of alkyl halides is 2. The van der Waals surface area contributed by atoms with Gasteiger partial charge in [-0.05, 0) is 31.5 Å². The highest BCUT2D eigenvalue weighted by molar-refractivity contribution is 14.0. The molecule has 2 aromatic rings. The number of carbonyl (C=O) groups excluding carboxylic acids is 1. The topological polar surface area (TPSA) is 75.2 Å². The third-order valence-corrected chi connectivity index (χ3v) is 4.60. The van der Waals surface area contributed by atoms with Crippen molar-refractivity contribution in [3.05, 3.63) is 54.1 Å². The van der Waals surface area contributed by atoms with Crippen LogP contribution in [-0.2, 0) is 11.3 Å². The monoisotopic (exact) mass is 560 g/mol. The lowest BCUT2D eigenvalue weighted by molar-refractivity contribution is -0.121. The predicted octanol–water partition coefficient (Wildman–Crippen LogP) is 3.78. The normalized spacial score (nSPS) is 13.2. The van der Waals surface area contributed by atoms with Crippen LogP contribution in [0.15, 0.2) is 53.5 Å². The van der Waals surface area contributed by atoms with Gasteiger partial charge in [-0.2, -0.15) is 8.78 Å². The Balaban J connectivity index is 0.00000363. The van der Waals surface area contributed by atoms with E-state index in [2.05, 4.69) is 20.4 Å². The summed E-state index contributed by atoms with van der Waals surface area (Å²) in [6, 6.07) is 14.0. The molecule has 0 aromatic heterocycles. The highest BCUT2D eigenvalue weighted by atomic mass is 127. The van der Waals surface area contributed by atoms with Gasteiger partial charge in [0.25, 0.3) is 5.91 Å². The van der Waals surface area contributed by atoms with Crippen LogP contribution in [-0.4, -0.2) is 44.7 Å². The quantitative estimate of drug-likeness (QED) is 0.212. The third-order valence-electron chi connectivity index (χ3n) is 4.60. The van der Waals surface area contributed by atoms with Gasteiger partial charge >= 0.3 is 6.61 Å². The first kappa shape index (κ1) is 25.6. The van der Waals surface area contributed by atoms with Crippen LogP contribution < -0.4 is 25.0 Å². The molecule has 2 aromatic carbocycles. The van der Waals surface area contributed by atoms with Crippen molar-refractivity contribution in [3.8, 4) is 11.5 Å². The van der Waals surface area contributed by atoms with Gasteiger partial charge < -0.3 is 25.0 Å². The van der Waals surface area contributed by atoms with Crippen molar-refractivity contribution in [1.82, 2.24) is 10.6 Å². The molecule has 3 rings (SSSR count). The van der Waals surface area contributed by atoms with Crippen LogP contribution in [0.25, 0.3) is 0 Å². The van der Waals surface area contributed by atoms with E-state index in [9.17, 15) is 13.6 Å². The number of nitrogens with one attached hydrogen (secondary N) is 2. The van der Waals surface area contributed by atoms with Crippen molar-refractivity contribution in [2.75, 3.05) is 31.1 Å². The lowest BCUT2D eigenvalue weighted by atomic mass is 10.2. The van der Waals surface area contributed by atoms with Crippen LogP contribution in [0.3, 0.4) is 0 Å². The number of anilines is 1. The molecule has 1 amide bonds. The minimum Gasteiger partial charge on any atom is -0.482 e. The van der Waals surface area contributed by atoms with E-state index in [0.717, 1.165) is 5.69 Å². The fourth-order valence-corrected chi connectivity index (χ4v) is 3.19. The smallest absolute Gasteiger partial charge is 0.387 e. The highest BCUT2D eigenvalue weighted by Gasteiger charge is 2.24. The van der Waals surface area contributed by atoms with Crippen molar-refractivity contribution < 1.29 is 23.0 Å². The van der Waals surface area contributed by atoms with Crippen LogP contribution in [0.5, 0.6) is 11.5 Å². The summed E-state index contributed by atoms with van der Waals surface area (Å²) in [6.07, 6.45) is 0.690. The Bertz CT molecular complexity index is 914. The van der Waals surface area contributed by atoms with Crippen LogP contribution in [0.2, 0.25) is 0 Å². The number of hydrogen-bond acceptors (Lipinski definition) is 4. The second-order valence-corrected chi connectivity index (χ2v) is 6.76. The summed E-state index contributed by atoms with van der Waals surface area (Å²) in [5.41, 5.74) is 1.34. The number of nitrogens with zero attached hydrogens (tertiary/aromatic N) is 2. The van der Waals surface area contributed by atoms with Gasteiger partial charge in [0, 0.05) is 25.2 Å². The van der Waals surface area contributed by atoms with E-state index in [1.807, 2.05) is 31.2 Å². The predicted molar refractivity (Wildman–Crippen MR) is 130 cm³/mol. The molecule has 0 radical (unpaired) electrons. The van der Waals surface area contributed by atoms with Gasteiger partial charge in [0.2, 0.25) is 0 Å². The molecule has 1 heterocycles. The minimum atomic E-state index is -2.88. The number of guanidine groups is 1. The van der Waals surface area contributed by atoms with E-state index in [0.29, 0.717) is 43.3 Å². The third kappa shape index (κ3) is 7.21. The van der Waals surface area contributed by atoms with E-state index in [-0.39, 0.29) is 48.8 Å². The Labute approximate surface area is 203 Å². The lowest BCUT2D eigenvalue weighted by Crippen LogP contribution is -2.42. The Kier molecular flexibility index (Phi) is 10.4. The summed E-state index contributed by atoms with van der Waals surface area (Å²) >= 11 is 0. The van der Waals surface area contributed by atoms with E-state index in [1.165, 1.54) is 6.07 Å². The number of aliphatic imine (C=N–C) groups is 1. The summed E-state index contributed by atoms with van der Waals surface area (Å²) in [4.78, 5) is 18.4. The van der Waals surface area contributed by atoms with E-state index >= 15 is 0 Å². The van der Waals surface area contributed by atoms with Crippen LogP contribution >= 0.6 is 24.0 Å². The molecule has 2 N–H and O–H groups in total. The molecule has 0 spiro atoms. The van der Waals surface area contributed by atoms with Gasteiger partial charge in [0.05, 0.1) is 12.2 Å². The SMILES string of the molecule is CCNC(=NCc1ccccc1OC(F)F)NCCCN1C(=O)COc2ccccc21.I. The molecule has 0 saturated heterocycles. The number of halogens is 3. The molecule has 7 nitrogen and oxygen atoms in total. The second-order valence-electron chi connectivity index (χ2n) is 6.76. The number of rotatable bonds is 9. The van der Waals surface area contributed by atoms with Crippen molar-refractivity contribution in [2.45, 2.75) is 26.5 Å². The molecule has 10 heteroatoms. The molecule has 0 atom stereocenters. The van der Waals surface area contributed by atoms with Crippen molar-refractivity contribution in [2.24, 2.45) is 4.99 Å². The Morgan fingerprint density at radius 1 is 1.19 bits per heavy atom. The zero-order valence-electron chi connectivity index (χ0n) is 17.7. The number of ether oxygens (including phenoxy) is 2. The number of para-hydroxylation sites is 3. The average Bonchev–Trinajstić information content (AvgIpc) is 2.76. The van der Waals surface area contributed by atoms with E-state index < -0.39 is 6.61 Å². The van der Waals surface area contributed by atoms with Gasteiger partial charge in [-0.15, -0.1) is 24.0 Å². The largest absolute Gasteiger partial charge is 0.482 e. The summed E-state index contributed by atoms with van der Waals surface area (Å²) in [5.74, 6) is 1.30. The zero-order chi connectivity index (χ0) is 22.1. The molecule has 32 heavy (non-hydrogen) atoms. The van der Waals surface area contributed by atoms with Gasteiger partial charge in [-0.3, -0.25) is 4.79 Å². The number of hydrogen-bond donors (Lipinski definition) is 2. The first-order valence-corrected chi connectivity index (χ1v) is 10.2. The summed E-state index contributed by atoms with van der Waals surface area (Å²) in [5, 5.41) is 6.34. The number of carbonyl (C=O) groups is 1. The fourth-order valence-electron chi connectivity index (χ4n) is 3.19. The Hall–Kier alpha value is -2.63. The van der Waals surface area contributed by atoms with Crippen LogP contribution in [0, 0.1) is 0 Å². The first-order chi connectivity index (χ1) is 15.1. The second kappa shape index (κ2) is 13.0. The minimum absolute atomic E-state index is 0. The summed E-state index contributed by atoms with van der Waals surface area (Å²) < 4.78 is 35.2. The van der Waals surface area contributed by atoms with Gasteiger partial charge in [0.15, 0.2) is 12.6 Å². The van der Waals surface area contributed by atoms with Crippen LogP contribution in [0.4, 0.5) is 14.5 Å². The fraction of sp³-hybridized carbons (Fsp3) is 0.364. The molecular weight excluding hydrogens is 533 g/mol. The molecule has 0 bridgehead atoms. The zero-order valence-corrected chi connectivity index (χ0v) is 20.1. The Morgan fingerprint density at radius 3 is 2.72 bits per heavy atom. The van der Waals surface area contributed by atoms with Gasteiger partial charge in [-0.1, -0.05) is 30.3 Å². The maximum Gasteiger partial charge on any atom is 0.387 e. The van der Waals surface area contributed by atoms with Crippen LogP contribution in [0.1, 0.15) is 18.9 Å². The molecule has 1 aliphatic rings. The average molecular weight is 560 g/mol. The van der Waals surface area contributed by atoms with Gasteiger partial charge in [-0.25, -0.2) is 4.99 Å². The maximum atomic E-state index is 12.6. The number of amides is 1. The molecular formula is C22H27F2IN4O3. The molecule has 1 aliphatic heterocycles. The maximum absolute atomic E-state index is 12.6. The number of benzene rings is 2. The Morgan fingerprint density at radius 2 is 1.94 bits per heavy atom. The molecule has 174 valence electrons. The molecule has 0 aliphatic carbocycles. The summed E-state index contributed by atoms with van der Waals surface area (Å²) in [6.45, 7) is 1.04. The van der Waals surface area contributed by atoms with Gasteiger partial charge in [0.1, 0.15) is 11.5 Å².